The van der Waals surface area contributed by atoms with Crippen LogP contribution in [-0.2, 0) is 22.6 Å². The van der Waals surface area contributed by atoms with Crippen molar-refractivity contribution in [2.45, 2.75) is 13.0 Å². The zero-order valence-corrected chi connectivity index (χ0v) is 14.2. The predicted molar refractivity (Wildman–Crippen MR) is 95.8 cm³/mol. The molecule has 1 aliphatic rings. The number of nitrogens with zero attached hydrogens (tertiary/aromatic N) is 2. The van der Waals surface area contributed by atoms with Gasteiger partial charge in [0.15, 0.2) is 0 Å². The molecule has 1 aliphatic heterocycles. The van der Waals surface area contributed by atoms with Crippen LogP contribution in [0.2, 0.25) is 0 Å². The van der Waals surface area contributed by atoms with Crippen molar-refractivity contribution in [2.24, 2.45) is 0 Å². The third kappa shape index (κ3) is 4.46. The second-order valence-electron chi connectivity index (χ2n) is 5.99. The van der Waals surface area contributed by atoms with Gasteiger partial charge in [-0.1, -0.05) is 24.3 Å². The maximum absolute atomic E-state index is 12.2. The van der Waals surface area contributed by atoms with Crippen molar-refractivity contribution < 1.29 is 19.3 Å². The van der Waals surface area contributed by atoms with Gasteiger partial charge in [0.25, 0.3) is 5.69 Å². The number of nitro groups is 1. The van der Waals surface area contributed by atoms with Gasteiger partial charge in [-0.15, -0.1) is 0 Å². The highest BCUT2D eigenvalue weighted by molar-refractivity contribution is 6.01. The molecule has 0 unspecified atom stereocenters. The molecule has 0 saturated carbocycles. The number of nitrogens with one attached hydrogen (secondary N) is 2. The molecule has 0 bridgehead atoms. The maximum atomic E-state index is 12.2. The van der Waals surface area contributed by atoms with Crippen LogP contribution in [0.5, 0.6) is 0 Å². The molecule has 1 saturated heterocycles. The number of anilines is 1. The number of urea groups is 1. The smallest absolute Gasteiger partial charge is 0.324 e. The average molecular weight is 368 g/mol. The first-order valence-electron chi connectivity index (χ1n) is 8.13. The van der Waals surface area contributed by atoms with Crippen molar-refractivity contribution in [3.05, 3.63) is 69.8 Å². The molecule has 2 aromatic rings. The first kappa shape index (κ1) is 18.1. The molecule has 3 rings (SSSR count). The van der Waals surface area contributed by atoms with Gasteiger partial charge in [-0.25, -0.2) is 4.79 Å². The molecule has 0 aliphatic carbocycles. The summed E-state index contributed by atoms with van der Waals surface area (Å²) >= 11 is 0. The molecule has 138 valence electrons. The monoisotopic (exact) mass is 368 g/mol. The van der Waals surface area contributed by atoms with E-state index in [4.69, 9.17) is 0 Å². The fourth-order valence-electron chi connectivity index (χ4n) is 2.67. The molecular weight excluding hydrogens is 352 g/mol. The minimum Gasteiger partial charge on any atom is -0.329 e. The normalized spacial score (nSPS) is 13.4. The average Bonchev–Trinajstić information content (AvgIpc) is 2.94. The minimum atomic E-state index is -0.499. The van der Waals surface area contributed by atoms with E-state index in [0.29, 0.717) is 16.8 Å². The summed E-state index contributed by atoms with van der Waals surface area (Å²) in [6.45, 7) is 0.112. The quantitative estimate of drug-likeness (QED) is 0.458. The Balaban J connectivity index is 1.61. The molecule has 9 heteroatoms. The summed E-state index contributed by atoms with van der Waals surface area (Å²) in [5.41, 5.74) is 1.85. The number of hydrogen-bond donors (Lipinski definition) is 2. The topological polar surface area (TPSA) is 122 Å². The van der Waals surface area contributed by atoms with Crippen LogP contribution in [0.3, 0.4) is 0 Å². The molecule has 0 aromatic heterocycles. The Kier molecular flexibility index (Phi) is 5.11. The lowest BCUT2D eigenvalue weighted by Crippen LogP contribution is -2.30. The van der Waals surface area contributed by atoms with Crippen molar-refractivity contribution in [3.63, 3.8) is 0 Å². The summed E-state index contributed by atoms with van der Waals surface area (Å²) in [6, 6.07) is 12.2. The molecule has 27 heavy (non-hydrogen) atoms. The zero-order chi connectivity index (χ0) is 19.4. The summed E-state index contributed by atoms with van der Waals surface area (Å²) in [7, 11) is 0. The third-order valence-electron chi connectivity index (χ3n) is 4.00. The number of carbonyl (C=O) groups excluding carboxylic acids is 3. The van der Waals surface area contributed by atoms with Gasteiger partial charge >= 0.3 is 6.03 Å². The SMILES string of the molecule is O=C(Cc1ccc([N+](=O)[O-])cc1)Nc1cccc(CN2C(=O)CNC2=O)c1. The Morgan fingerprint density at radius 3 is 2.52 bits per heavy atom. The van der Waals surface area contributed by atoms with Crippen molar-refractivity contribution >= 4 is 29.2 Å². The van der Waals surface area contributed by atoms with E-state index in [0.717, 1.165) is 4.90 Å². The van der Waals surface area contributed by atoms with Gasteiger partial charge in [0.05, 0.1) is 24.4 Å². The summed E-state index contributed by atoms with van der Waals surface area (Å²) in [6.07, 6.45) is 0.0647. The molecule has 0 atom stereocenters. The lowest BCUT2D eigenvalue weighted by atomic mass is 10.1. The highest BCUT2D eigenvalue weighted by atomic mass is 16.6. The second-order valence-corrected chi connectivity index (χ2v) is 5.99. The maximum Gasteiger partial charge on any atom is 0.324 e. The summed E-state index contributed by atoms with van der Waals surface area (Å²) in [5, 5.41) is 15.8. The highest BCUT2D eigenvalue weighted by Crippen LogP contribution is 2.16. The second kappa shape index (κ2) is 7.65. The van der Waals surface area contributed by atoms with Crippen LogP contribution >= 0.6 is 0 Å². The lowest BCUT2D eigenvalue weighted by Gasteiger charge is -2.13. The van der Waals surface area contributed by atoms with Gasteiger partial charge in [0.2, 0.25) is 11.8 Å². The van der Waals surface area contributed by atoms with E-state index in [1.165, 1.54) is 24.3 Å². The van der Waals surface area contributed by atoms with Crippen LogP contribution in [0, 0.1) is 10.1 Å². The number of hydrogen-bond acceptors (Lipinski definition) is 5. The Labute approximate surface area is 154 Å². The van der Waals surface area contributed by atoms with Crippen molar-refractivity contribution in [2.75, 3.05) is 11.9 Å². The Bertz CT molecular complexity index is 894. The van der Waals surface area contributed by atoms with Gasteiger partial charge < -0.3 is 10.6 Å². The van der Waals surface area contributed by atoms with Crippen molar-refractivity contribution in [3.8, 4) is 0 Å². The Hall–Kier alpha value is -3.75. The zero-order valence-electron chi connectivity index (χ0n) is 14.2. The van der Waals surface area contributed by atoms with Crippen LogP contribution in [0.1, 0.15) is 11.1 Å². The number of benzene rings is 2. The summed E-state index contributed by atoms with van der Waals surface area (Å²) < 4.78 is 0. The fraction of sp³-hybridized carbons (Fsp3) is 0.167. The van der Waals surface area contributed by atoms with Crippen LogP contribution in [-0.4, -0.2) is 34.2 Å². The molecular formula is C18H16N4O5. The fourth-order valence-corrected chi connectivity index (χ4v) is 2.67. The molecule has 1 fully saturated rings. The van der Waals surface area contributed by atoms with E-state index in [2.05, 4.69) is 10.6 Å². The van der Waals surface area contributed by atoms with E-state index in [1.807, 2.05) is 0 Å². The van der Waals surface area contributed by atoms with Crippen LogP contribution in [0.15, 0.2) is 48.5 Å². The molecule has 1 heterocycles. The van der Waals surface area contributed by atoms with Crippen LogP contribution < -0.4 is 10.6 Å². The largest absolute Gasteiger partial charge is 0.329 e. The Morgan fingerprint density at radius 1 is 1.15 bits per heavy atom. The van der Waals surface area contributed by atoms with Gasteiger partial charge in [-0.2, -0.15) is 0 Å². The molecule has 2 aromatic carbocycles. The predicted octanol–water partition coefficient (Wildman–Crippen LogP) is 1.83. The van der Waals surface area contributed by atoms with E-state index >= 15 is 0 Å². The van der Waals surface area contributed by atoms with Crippen molar-refractivity contribution in [1.29, 1.82) is 0 Å². The number of carbonyl (C=O) groups is 3. The first-order valence-corrected chi connectivity index (χ1v) is 8.13. The molecule has 2 N–H and O–H groups in total. The van der Waals surface area contributed by atoms with Gasteiger partial charge in [0, 0.05) is 17.8 Å². The highest BCUT2D eigenvalue weighted by Gasteiger charge is 2.28. The number of rotatable bonds is 6. The first-order chi connectivity index (χ1) is 12.9. The van der Waals surface area contributed by atoms with E-state index in [-0.39, 0.29) is 37.0 Å². The van der Waals surface area contributed by atoms with Crippen LogP contribution in [0.25, 0.3) is 0 Å². The summed E-state index contributed by atoms with van der Waals surface area (Å²) in [4.78, 5) is 46.7. The van der Waals surface area contributed by atoms with E-state index in [9.17, 15) is 24.5 Å². The van der Waals surface area contributed by atoms with E-state index < -0.39 is 11.0 Å². The van der Waals surface area contributed by atoms with E-state index in [1.54, 1.807) is 24.3 Å². The molecule has 0 radical (unpaired) electrons. The number of amides is 4. The lowest BCUT2D eigenvalue weighted by molar-refractivity contribution is -0.384. The Morgan fingerprint density at radius 2 is 1.89 bits per heavy atom. The van der Waals surface area contributed by atoms with Crippen molar-refractivity contribution in [1.82, 2.24) is 10.2 Å². The molecule has 4 amide bonds. The minimum absolute atomic E-state index is 0.00943. The number of non-ortho nitro benzene ring substituents is 1. The third-order valence-corrected chi connectivity index (χ3v) is 4.00. The van der Waals surface area contributed by atoms with Gasteiger partial charge in [-0.3, -0.25) is 24.6 Å². The summed E-state index contributed by atoms with van der Waals surface area (Å²) in [5.74, 6) is -0.580. The molecule has 9 nitrogen and oxygen atoms in total. The number of imide groups is 1. The van der Waals surface area contributed by atoms with Gasteiger partial charge in [-0.05, 0) is 23.3 Å². The van der Waals surface area contributed by atoms with Gasteiger partial charge in [0.1, 0.15) is 0 Å². The number of nitro benzene ring substituents is 1. The standard InChI is InChI=1S/C18H16N4O5/c23-16(9-12-4-6-15(7-5-12)22(26)27)20-14-3-1-2-13(8-14)11-21-17(24)10-19-18(21)25/h1-8H,9-11H2,(H,19,25)(H,20,23). The van der Waals surface area contributed by atoms with Crippen LogP contribution in [0.4, 0.5) is 16.2 Å². The molecule has 0 spiro atoms.